The summed E-state index contributed by atoms with van der Waals surface area (Å²) in [6.45, 7) is -0.296. The van der Waals surface area contributed by atoms with Crippen LogP contribution in [0, 0.1) is 0 Å². The maximum absolute atomic E-state index is 13.5. The van der Waals surface area contributed by atoms with Crippen molar-refractivity contribution in [3.8, 4) is 0 Å². The van der Waals surface area contributed by atoms with E-state index in [1.165, 1.54) is 0 Å². The lowest BCUT2D eigenvalue weighted by Gasteiger charge is -2.37. The molecule has 25 heavy (non-hydrogen) atoms. The van der Waals surface area contributed by atoms with Crippen LogP contribution in [0.25, 0.3) is 0 Å². The van der Waals surface area contributed by atoms with E-state index in [1.54, 1.807) is 0 Å². The number of hydrogen-bond acceptors (Lipinski definition) is 2. The highest BCUT2D eigenvalue weighted by molar-refractivity contribution is 5.38. The van der Waals surface area contributed by atoms with Gasteiger partial charge in [0, 0.05) is 26.2 Å². The summed E-state index contributed by atoms with van der Waals surface area (Å²) in [5, 5.41) is 2.74. The fourth-order valence-corrected chi connectivity index (χ4v) is 2.74. The van der Waals surface area contributed by atoms with Crippen LogP contribution in [-0.4, -0.2) is 37.3 Å². The summed E-state index contributed by atoms with van der Waals surface area (Å²) in [7, 11) is 0. The molecule has 2 nitrogen and oxygen atoms in total. The van der Waals surface area contributed by atoms with E-state index in [0.717, 1.165) is 0 Å². The van der Waals surface area contributed by atoms with Crippen LogP contribution < -0.4 is 5.32 Å². The van der Waals surface area contributed by atoms with Crippen molar-refractivity contribution in [3.63, 3.8) is 0 Å². The Morgan fingerprint density at radius 2 is 1.40 bits per heavy atom. The molecule has 11 heteroatoms. The lowest BCUT2D eigenvalue weighted by molar-refractivity contribution is -0.191. The molecule has 0 saturated carbocycles. The van der Waals surface area contributed by atoms with Gasteiger partial charge in [-0.2, -0.15) is 39.5 Å². The molecule has 1 aliphatic heterocycles. The Morgan fingerprint density at radius 1 is 0.840 bits per heavy atom. The number of piperazine rings is 1. The summed E-state index contributed by atoms with van der Waals surface area (Å²) in [5.74, 6) is 0. The van der Waals surface area contributed by atoms with Gasteiger partial charge in [-0.05, 0) is 23.8 Å². The van der Waals surface area contributed by atoms with Crippen LogP contribution in [0.4, 0.5) is 39.5 Å². The van der Waals surface area contributed by atoms with Gasteiger partial charge in [0.25, 0.3) is 0 Å². The zero-order valence-corrected chi connectivity index (χ0v) is 12.5. The third-order valence-corrected chi connectivity index (χ3v) is 3.81. The number of nitrogens with one attached hydrogen (secondary N) is 1. The number of nitrogens with zero attached hydrogens (tertiary/aromatic N) is 1. The summed E-state index contributed by atoms with van der Waals surface area (Å²) in [6.07, 6.45) is -15.4. The van der Waals surface area contributed by atoms with Gasteiger partial charge in [0.1, 0.15) is 6.04 Å². The van der Waals surface area contributed by atoms with E-state index in [2.05, 4.69) is 5.32 Å². The smallest absolute Gasteiger partial charge is 0.314 e. The second-order valence-corrected chi connectivity index (χ2v) is 5.53. The van der Waals surface area contributed by atoms with E-state index >= 15 is 0 Å². The molecular formula is C14H13F9N2. The van der Waals surface area contributed by atoms with Crippen LogP contribution in [0.1, 0.15) is 22.7 Å². The van der Waals surface area contributed by atoms with Gasteiger partial charge in [-0.3, -0.25) is 4.90 Å². The van der Waals surface area contributed by atoms with Crippen molar-refractivity contribution in [2.75, 3.05) is 26.2 Å². The highest BCUT2D eigenvalue weighted by Crippen LogP contribution is 2.45. The van der Waals surface area contributed by atoms with Crippen LogP contribution in [0.5, 0.6) is 0 Å². The highest BCUT2D eigenvalue weighted by Gasteiger charge is 2.49. The maximum Gasteiger partial charge on any atom is 0.416 e. The van der Waals surface area contributed by atoms with E-state index in [-0.39, 0.29) is 44.4 Å². The minimum absolute atomic E-state index is 0.0526. The molecule has 1 saturated heterocycles. The Balaban J connectivity index is 2.64. The van der Waals surface area contributed by atoms with Gasteiger partial charge >= 0.3 is 18.5 Å². The van der Waals surface area contributed by atoms with Crippen LogP contribution >= 0.6 is 0 Å². The molecule has 1 aliphatic rings. The summed E-state index contributed by atoms with van der Waals surface area (Å²) < 4.78 is 118. The molecule has 0 unspecified atom stereocenters. The zero-order chi connectivity index (χ0) is 19.0. The summed E-state index contributed by atoms with van der Waals surface area (Å²) >= 11 is 0. The lowest BCUT2D eigenvalue weighted by Crippen LogP contribution is -2.49. The first-order valence-corrected chi connectivity index (χ1v) is 7.11. The first-order chi connectivity index (χ1) is 11.3. The molecule has 0 bridgehead atoms. The first-order valence-electron chi connectivity index (χ1n) is 7.11. The molecule has 1 aromatic carbocycles. The standard InChI is InChI=1S/C14H13F9N2/c15-12(16,17)8-1-2-10(13(18,19)20)9(7-8)11(14(21,22)23)25-5-3-24-4-6-25/h1-2,7,11,24H,3-6H2/t11-/m1/s1. The van der Waals surface area contributed by atoms with E-state index in [1.807, 2.05) is 0 Å². The largest absolute Gasteiger partial charge is 0.416 e. The molecule has 1 aromatic rings. The maximum atomic E-state index is 13.5. The molecule has 0 spiro atoms. The predicted octanol–water partition coefficient (Wildman–Crippen LogP) is 4.23. The van der Waals surface area contributed by atoms with Gasteiger partial charge in [0.05, 0.1) is 11.1 Å². The van der Waals surface area contributed by atoms with Gasteiger partial charge in [-0.25, -0.2) is 0 Å². The van der Waals surface area contributed by atoms with Crippen molar-refractivity contribution in [1.29, 1.82) is 0 Å². The Kier molecular flexibility index (Phi) is 5.29. The molecule has 0 aromatic heterocycles. The summed E-state index contributed by atoms with van der Waals surface area (Å²) in [4.78, 5) is 0.710. The molecular weight excluding hydrogens is 367 g/mol. The van der Waals surface area contributed by atoms with Gasteiger partial charge in [-0.15, -0.1) is 0 Å². The minimum Gasteiger partial charge on any atom is -0.314 e. The molecule has 0 radical (unpaired) electrons. The zero-order valence-electron chi connectivity index (χ0n) is 12.5. The molecule has 0 amide bonds. The fourth-order valence-electron chi connectivity index (χ4n) is 2.74. The van der Waals surface area contributed by atoms with E-state index < -0.39 is 41.3 Å². The minimum atomic E-state index is -5.21. The molecule has 2 rings (SSSR count). The van der Waals surface area contributed by atoms with Gasteiger partial charge in [0.2, 0.25) is 0 Å². The average molecular weight is 380 g/mol. The molecule has 1 N–H and O–H groups in total. The van der Waals surface area contributed by atoms with Crippen LogP contribution in [0.3, 0.4) is 0 Å². The molecule has 142 valence electrons. The van der Waals surface area contributed by atoms with Gasteiger partial charge in [-0.1, -0.05) is 0 Å². The molecule has 1 heterocycles. The Bertz CT molecular complexity index is 598. The molecule has 0 aliphatic carbocycles. The topological polar surface area (TPSA) is 15.3 Å². The van der Waals surface area contributed by atoms with Crippen molar-refractivity contribution < 1.29 is 39.5 Å². The number of halogens is 9. The van der Waals surface area contributed by atoms with Crippen molar-refractivity contribution >= 4 is 0 Å². The van der Waals surface area contributed by atoms with Crippen LogP contribution in [0.2, 0.25) is 0 Å². The number of hydrogen-bond donors (Lipinski definition) is 1. The van der Waals surface area contributed by atoms with Crippen LogP contribution in [-0.2, 0) is 12.4 Å². The first kappa shape index (κ1) is 19.8. The van der Waals surface area contributed by atoms with Gasteiger partial charge in [0.15, 0.2) is 0 Å². The quantitative estimate of drug-likeness (QED) is 0.773. The normalized spacial score (nSPS) is 19.1. The molecule has 1 atom stereocenters. The van der Waals surface area contributed by atoms with E-state index in [4.69, 9.17) is 0 Å². The SMILES string of the molecule is FC(F)(F)c1ccc(C(F)(F)F)c([C@@H](N2CCNCC2)C(F)(F)F)c1. The predicted molar refractivity (Wildman–Crippen MR) is 69.7 cm³/mol. The van der Waals surface area contributed by atoms with Crippen molar-refractivity contribution in [3.05, 3.63) is 34.9 Å². The second kappa shape index (κ2) is 6.67. The van der Waals surface area contributed by atoms with E-state index in [0.29, 0.717) is 4.90 Å². The summed E-state index contributed by atoms with van der Waals surface area (Å²) in [5.41, 5.74) is -4.71. The monoisotopic (exact) mass is 380 g/mol. The van der Waals surface area contributed by atoms with Crippen molar-refractivity contribution in [2.45, 2.75) is 24.6 Å². The number of benzene rings is 1. The van der Waals surface area contributed by atoms with Crippen molar-refractivity contribution in [1.82, 2.24) is 10.2 Å². The van der Waals surface area contributed by atoms with Gasteiger partial charge < -0.3 is 5.32 Å². The Labute approximate surface area is 136 Å². The highest BCUT2D eigenvalue weighted by atomic mass is 19.4. The Hall–Kier alpha value is -1.49. The fraction of sp³-hybridized carbons (Fsp3) is 0.571. The third-order valence-electron chi connectivity index (χ3n) is 3.81. The lowest BCUT2D eigenvalue weighted by atomic mass is 9.95. The third kappa shape index (κ3) is 4.57. The number of alkyl halides is 9. The average Bonchev–Trinajstić information content (AvgIpc) is 2.45. The van der Waals surface area contributed by atoms with E-state index in [9.17, 15) is 39.5 Å². The van der Waals surface area contributed by atoms with Crippen LogP contribution in [0.15, 0.2) is 18.2 Å². The molecule has 1 fully saturated rings. The Morgan fingerprint density at radius 3 is 1.84 bits per heavy atom. The summed E-state index contributed by atoms with van der Waals surface area (Å²) in [6, 6.07) is -2.63. The number of rotatable bonds is 2. The second-order valence-electron chi connectivity index (χ2n) is 5.53. The van der Waals surface area contributed by atoms with Crippen molar-refractivity contribution in [2.24, 2.45) is 0 Å².